The number of carbonyl (C=O) groups excluding carboxylic acids is 1. The standard InChI is InChI=1S/C22H30N2O2.2ClH/c1-4-23(5-2)16-17-24(6-3)18-19-12-14-20(15-13-19)22(25)26-21-10-8-7-9-11-21;;/h7-15H,4-6,16-18H2,1-3H3;2*1H. The maximum Gasteiger partial charge on any atom is 0.343 e. The van der Waals surface area contributed by atoms with Gasteiger partial charge in [0.1, 0.15) is 5.75 Å². The summed E-state index contributed by atoms with van der Waals surface area (Å²) < 4.78 is 5.38. The Labute approximate surface area is 181 Å². The highest BCUT2D eigenvalue weighted by Crippen LogP contribution is 2.13. The molecule has 0 radical (unpaired) electrons. The molecule has 4 nitrogen and oxygen atoms in total. The fourth-order valence-corrected chi connectivity index (χ4v) is 2.83. The molecular weight excluding hydrogens is 395 g/mol. The van der Waals surface area contributed by atoms with Crippen molar-refractivity contribution in [3.8, 4) is 5.75 Å². The topological polar surface area (TPSA) is 32.8 Å². The SMILES string of the molecule is CCN(CC)CCN(CC)Cc1ccc(C(=O)Oc2ccccc2)cc1.Cl.Cl. The zero-order valence-electron chi connectivity index (χ0n) is 17.0. The number of likely N-dealkylation sites (N-methyl/N-ethyl adjacent to an activating group) is 2. The highest BCUT2D eigenvalue weighted by Gasteiger charge is 2.10. The Kier molecular flexibility index (Phi) is 13.6. The summed E-state index contributed by atoms with van der Waals surface area (Å²) in [5.74, 6) is 0.242. The lowest BCUT2D eigenvalue weighted by Crippen LogP contribution is -2.34. The van der Waals surface area contributed by atoms with Crippen molar-refractivity contribution in [3.05, 3.63) is 65.7 Å². The highest BCUT2D eigenvalue weighted by atomic mass is 35.5. The average molecular weight is 427 g/mol. The summed E-state index contributed by atoms with van der Waals surface area (Å²) in [6.45, 7) is 12.8. The Balaban J connectivity index is 0.00000364. The summed E-state index contributed by atoms with van der Waals surface area (Å²) in [6.07, 6.45) is 0. The minimum absolute atomic E-state index is 0. The van der Waals surface area contributed by atoms with Gasteiger partial charge in [0.05, 0.1) is 5.56 Å². The van der Waals surface area contributed by atoms with Gasteiger partial charge in [-0.1, -0.05) is 51.1 Å². The third-order valence-corrected chi connectivity index (χ3v) is 4.62. The van der Waals surface area contributed by atoms with Gasteiger partial charge >= 0.3 is 5.97 Å². The number of benzene rings is 2. The smallest absolute Gasteiger partial charge is 0.343 e. The molecule has 0 aliphatic carbocycles. The molecule has 0 aliphatic rings. The molecule has 0 bridgehead atoms. The number of rotatable bonds is 10. The van der Waals surface area contributed by atoms with Crippen molar-refractivity contribution in [1.29, 1.82) is 0 Å². The zero-order valence-corrected chi connectivity index (χ0v) is 18.6. The molecular formula is C22H32Cl2N2O2. The second-order valence-electron chi connectivity index (χ2n) is 6.30. The van der Waals surface area contributed by atoms with Gasteiger partial charge in [0, 0.05) is 19.6 Å². The summed E-state index contributed by atoms with van der Waals surface area (Å²) >= 11 is 0. The van der Waals surface area contributed by atoms with Gasteiger partial charge in [-0.05, 0) is 49.5 Å². The lowest BCUT2D eigenvalue weighted by Gasteiger charge is -2.25. The molecule has 0 N–H and O–H groups in total. The summed E-state index contributed by atoms with van der Waals surface area (Å²) in [7, 11) is 0. The molecule has 0 heterocycles. The van der Waals surface area contributed by atoms with E-state index in [-0.39, 0.29) is 30.8 Å². The quantitative estimate of drug-likeness (QED) is 0.398. The number of ether oxygens (including phenoxy) is 1. The lowest BCUT2D eigenvalue weighted by atomic mass is 10.1. The monoisotopic (exact) mass is 426 g/mol. The van der Waals surface area contributed by atoms with Crippen molar-refractivity contribution in [2.45, 2.75) is 27.3 Å². The fourth-order valence-electron chi connectivity index (χ4n) is 2.83. The maximum absolute atomic E-state index is 12.2. The molecule has 6 heteroatoms. The first-order chi connectivity index (χ1) is 12.7. The van der Waals surface area contributed by atoms with Crippen LogP contribution in [0.5, 0.6) is 5.75 Å². The first kappa shape index (κ1) is 26.4. The largest absolute Gasteiger partial charge is 0.423 e. The molecule has 0 saturated carbocycles. The van der Waals surface area contributed by atoms with Crippen LogP contribution in [0.25, 0.3) is 0 Å². The van der Waals surface area contributed by atoms with E-state index in [4.69, 9.17) is 4.74 Å². The van der Waals surface area contributed by atoms with Crippen molar-refractivity contribution in [2.75, 3.05) is 32.7 Å². The predicted octanol–water partition coefficient (Wildman–Crippen LogP) is 4.91. The van der Waals surface area contributed by atoms with Crippen LogP contribution in [0.3, 0.4) is 0 Å². The van der Waals surface area contributed by atoms with E-state index in [1.807, 2.05) is 42.5 Å². The Morgan fingerprint density at radius 2 is 1.32 bits per heavy atom. The molecule has 0 aliphatic heterocycles. The van der Waals surface area contributed by atoms with E-state index >= 15 is 0 Å². The van der Waals surface area contributed by atoms with Gasteiger partial charge in [-0.15, -0.1) is 24.8 Å². The van der Waals surface area contributed by atoms with E-state index in [9.17, 15) is 4.79 Å². The molecule has 0 atom stereocenters. The molecule has 2 aromatic rings. The highest BCUT2D eigenvalue weighted by molar-refractivity contribution is 5.91. The van der Waals surface area contributed by atoms with Crippen LogP contribution in [0.4, 0.5) is 0 Å². The van der Waals surface area contributed by atoms with Crippen LogP contribution in [-0.2, 0) is 6.54 Å². The van der Waals surface area contributed by atoms with Crippen molar-refractivity contribution in [3.63, 3.8) is 0 Å². The summed E-state index contributed by atoms with van der Waals surface area (Å²) in [5, 5.41) is 0. The number of nitrogens with zero attached hydrogens (tertiary/aromatic N) is 2. The van der Waals surface area contributed by atoms with Crippen LogP contribution in [0.1, 0.15) is 36.7 Å². The molecule has 0 unspecified atom stereocenters. The van der Waals surface area contributed by atoms with Gasteiger partial charge in [-0.2, -0.15) is 0 Å². The van der Waals surface area contributed by atoms with Crippen molar-refractivity contribution in [1.82, 2.24) is 9.80 Å². The van der Waals surface area contributed by atoms with Crippen molar-refractivity contribution < 1.29 is 9.53 Å². The van der Waals surface area contributed by atoms with E-state index in [0.717, 1.165) is 39.3 Å². The molecule has 0 amide bonds. The van der Waals surface area contributed by atoms with Crippen LogP contribution in [0.15, 0.2) is 54.6 Å². The van der Waals surface area contributed by atoms with E-state index in [0.29, 0.717) is 11.3 Å². The molecule has 0 fully saturated rings. The van der Waals surface area contributed by atoms with Crippen LogP contribution >= 0.6 is 24.8 Å². The van der Waals surface area contributed by atoms with Crippen LogP contribution in [0.2, 0.25) is 0 Å². The molecule has 2 rings (SSSR count). The normalized spacial score (nSPS) is 10.3. The van der Waals surface area contributed by atoms with Crippen LogP contribution < -0.4 is 4.74 Å². The predicted molar refractivity (Wildman–Crippen MR) is 121 cm³/mol. The first-order valence-electron chi connectivity index (χ1n) is 9.47. The number of hydrogen-bond acceptors (Lipinski definition) is 4. The van der Waals surface area contributed by atoms with Crippen molar-refractivity contribution >= 4 is 30.8 Å². The number of para-hydroxylation sites is 1. The first-order valence-corrected chi connectivity index (χ1v) is 9.47. The second-order valence-corrected chi connectivity index (χ2v) is 6.30. The van der Waals surface area contributed by atoms with Gasteiger partial charge in [0.25, 0.3) is 0 Å². The molecule has 156 valence electrons. The summed E-state index contributed by atoms with van der Waals surface area (Å²) in [4.78, 5) is 17.1. The number of hydrogen-bond donors (Lipinski definition) is 0. The Bertz CT molecular complexity index is 662. The van der Waals surface area contributed by atoms with Gasteiger partial charge < -0.3 is 9.64 Å². The third-order valence-electron chi connectivity index (χ3n) is 4.62. The van der Waals surface area contributed by atoms with Gasteiger partial charge in [-0.3, -0.25) is 4.90 Å². The Morgan fingerprint density at radius 3 is 1.86 bits per heavy atom. The molecule has 0 spiro atoms. The maximum atomic E-state index is 12.2. The van der Waals surface area contributed by atoms with Gasteiger partial charge in [-0.25, -0.2) is 4.79 Å². The van der Waals surface area contributed by atoms with E-state index in [1.54, 1.807) is 12.1 Å². The second kappa shape index (κ2) is 14.4. The van der Waals surface area contributed by atoms with Crippen molar-refractivity contribution in [2.24, 2.45) is 0 Å². The minimum atomic E-state index is -0.323. The van der Waals surface area contributed by atoms with Crippen LogP contribution in [-0.4, -0.2) is 48.5 Å². The lowest BCUT2D eigenvalue weighted by molar-refractivity contribution is 0.0734. The number of esters is 1. The third kappa shape index (κ3) is 8.61. The molecule has 0 saturated heterocycles. The average Bonchev–Trinajstić information content (AvgIpc) is 2.69. The number of halogens is 2. The zero-order chi connectivity index (χ0) is 18.8. The van der Waals surface area contributed by atoms with Gasteiger partial charge in [0.2, 0.25) is 0 Å². The fraction of sp³-hybridized carbons (Fsp3) is 0.409. The molecule has 0 aromatic heterocycles. The van der Waals surface area contributed by atoms with E-state index in [2.05, 4.69) is 30.6 Å². The van der Waals surface area contributed by atoms with E-state index in [1.165, 1.54) is 5.56 Å². The summed E-state index contributed by atoms with van der Waals surface area (Å²) in [5.41, 5.74) is 1.78. The minimum Gasteiger partial charge on any atom is -0.423 e. The van der Waals surface area contributed by atoms with Crippen LogP contribution in [0, 0.1) is 0 Å². The number of carbonyl (C=O) groups is 1. The van der Waals surface area contributed by atoms with Gasteiger partial charge in [0.15, 0.2) is 0 Å². The Hall–Kier alpha value is -1.59. The summed E-state index contributed by atoms with van der Waals surface area (Å²) in [6, 6.07) is 16.9. The Morgan fingerprint density at radius 1 is 0.786 bits per heavy atom. The molecule has 2 aromatic carbocycles. The molecule has 28 heavy (non-hydrogen) atoms. The van der Waals surface area contributed by atoms with E-state index < -0.39 is 0 Å².